The van der Waals surface area contributed by atoms with E-state index in [1.807, 2.05) is 6.07 Å². The van der Waals surface area contributed by atoms with Gasteiger partial charge in [-0.05, 0) is 12.1 Å². The van der Waals surface area contributed by atoms with Gasteiger partial charge in [0.25, 0.3) is 0 Å². The van der Waals surface area contributed by atoms with Gasteiger partial charge in [0.1, 0.15) is 12.6 Å². The van der Waals surface area contributed by atoms with Crippen LogP contribution in [0.3, 0.4) is 0 Å². The Kier molecular flexibility index (Phi) is 1.73. The predicted molar refractivity (Wildman–Crippen MR) is 48.5 cm³/mol. The molecule has 0 aliphatic rings. The summed E-state index contributed by atoms with van der Waals surface area (Å²) in [5.41, 5.74) is 0.187. The normalized spacial score (nSPS) is 10.2. The Morgan fingerprint density at radius 2 is 2.31 bits per heavy atom. The van der Waals surface area contributed by atoms with Gasteiger partial charge in [-0.1, -0.05) is 6.07 Å². The van der Waals surface area contributed by atoms with Gasteiger partial charge >= 0.3 is 5.56 Å². The maximum atomic E-state index is 11.5. The number of rotatable bonds is 1. The first-order chi connectivity index (χ1) is 6.33. The van der Waals surface area contributed by atoms with E-state index in [9.17, 15) is 4.79 Å². The summed E-state index contributed by atoms with van der Waals surface area (Å²) >= 11 is 0. The van der Waals surface area contributed by atoms with Crippen LogP contribution in [0.1, 0.15) is 0 Å². The number of hydrogen-bond acceptors (Lipinski definition) is 3. The quantitative estimate of drug-likeness (QED) is 0.633. The zero-order valence-corrected chi connectivity index (χ0v) is 7.10. The van der Waals surface area contributed by atoms with Crippen LogP contribution < -0.4 is 10.4 Å². The summed E-state index contributed by atoms with van der Waals surface area (Å²) in [4.78, 5) is 20.3. The third-order valence-electron chi connectivity index (χ3n) is 1.83. The molecule has 0 saturated heterocycles. The lowest BCUT2D eigenvalue weighted by Crippen LogP contribution is -2.24. The molecular formula is C9H8N2O2. The second-order valence-corrected chi connectivity index (χ2v) is 2.57. The molecule has 13 heavy (non-hydrogen) atoms. The lowest BCUT2D eigenvalue weighted by atomic mass is 10.3. The molecule has 0 aliphatic carbocycles. The fourth-order valence-electron chi connectivity index (χ4n) is 1.19. The molecule has 0 bridgehead atoms. The van der Waals surface area contributed by atoms with Crippen LogP contribution in [0.2, 0.25) is 0 Å². The van der Waals surface area contributed by atoms with Crippen molar-refractivity contribution < 1.29 is 4.84 Å². The van der Waals surface area contributed by atoms with Gasteiger partial charge in [0.15, 0.2) is 0 Å². The van der Waals surface area contributed by atoms with Crippen LogP contribution in [0.4, 0.5) is 0 Å². The second kappa shape index (κ2) is 2.90. The van der Waals surface area contributed by atoms with Crippen LogP contribution in [0.15, 0.2) is 35.4 Å². The van der Waals surface area contributed by atoms with Crippen LogP contribution in [-0.4, -0.2) is 16.8 Å². The van der Waals surface area contributed by atoms with Crippen LogP contribution in [0.25, 0.3) is 10.9 Å². The van der Waals surface area contributed by atoms with Crippen molar-refractivity contribution in [2.45, 2.75) is 0 Å². The van der Waals surface area contributed by atoms with E-state index < -0.39 is 0 Å². The number of fused-ring (bicyclic) bond motifs is 1. The predicted octanol–water partition coefficient (Wildman–Crippen LogP) is 0.455. The lowest BCUT2D eigenvalue weighted by molar-refractivity contribution is 0.158. The Morgan fingerprint density at radius 1 is 1.46 bits per heavy atom. The number of hydrogen-bond donors (Lipinski definition) is 0. The van der Waals surface area contributed by atoms with Gasteiger partial charge in [-0.15, -0.1) is 0 Å². The Balaban J connectivity index is 2.87. The van der Waals surface area contributed by atoms with Crippen molar-refractivity contribution >= 4 is 10.9 Å². The van der Waals surface area contributed by atoms with Gasteiger partial charge in [-0.3, -0.25) is 9.78 Å². The molecule has 4 nitrogen and oxygen atoms in total. The van der Waals surface area contributed by atoms with E-state index in [2.05, 4.69) is 4.98 Å². The smallest absolute Gasteiger partial charge is 0.309 e. The molecule has 0 aliphatic heterocycles. The summed E-state index contributed by atoms with van der Waals surface area (Å²) in [6.07, 6.45) is 3.16. The monoisotopic (exact) mass is 176 g/mol. The molecule has 2 rings (SSSR count). The highest BCUT2D eigenvalue weighted by molar-refractivity contribution is 5.76. The molecule has 0 atom stereocenters. The number of nitrogens with zero attached hydrogens (tertiary/aromatic N) is 2. The van der Waals surface area contributed by atoms with E-state index in [-0.39, 0.29) is 5.56 Å². The molecule has 0 saturated carbocycles. The molecule has 4 heteroatoms. The molecule has 0 N–H and O–H groups in total. The first-order valence-corrected chi connectivity index (χ1v) is 3.84. The summed E-state index contributed by atoms with van der Waals surface area (Å²) in [5.74, 6) is 0. The van der Waals surface area contributed by atoms with E-state index in [4.69, 9.17) is 4.84 Å². The Bertz CT molecular complexity index is 490. The lowest BCUT2D eigenvalue weighted by Gasteiger charge is -2.02. The SMILES string of the molecule is COn1ccc2cccnc2c1=O. The van der Waals surface area contributed by atoms with Crippen LogP contribution in [-0.2, 0) is 0 Å². The van der Waals surface area contributed by atoms with Gasteiger partial charge in [0.2, 0.25) is 0 Å². The van der Waals surface area contributed by atoms with Crippen molar-refractivity contribution in [3.63, 3.8) is 0 Å². The summed E-state index contributed by atoms with van der Waals surface area (Å²) in [7, 11) is 1.44. The van der Waals surface area contributed by atoms with Crippen molar-refractivity contribution in [3.05, 3.63) is 40.9 Å². The molecule has 2 heterocycles. The van der Waals surface area contributed by atoms with E-state index in [0.29, 0.717) is 5.52 Å². The maximum Gasteiger partial charge on any atom is 0.309 e. The maximum absolute atomic E-state index is 11.5. The molecule has 0 radical (unpaired) electrons. The Labute approximate surface area is 74.4 Å². The van der Waals surface area contributed by atoms with Gasteiger partial charge < -0.3 is 4.84 Å². The number of aromatic nitrogens is 2. The average Bonchev–Trinajstić information content (AvgIpc) is 2.19. The van der Waals surface area contributed by atoms with Gasteiger partial charge in [-0.2, -0.15) is 4.73 Å². The van der Waals surface area contributed by atoms with E-state index >= 15 is 0 Å². The topological polar surface area (TPSA) is 44.1 Å². The summed E-state index contributed by atoms with van der Waals surface area (Å²) in [5, 5.41) is 0.820. The van der Waals surface area contributed by atoms with E-state index in [1.165, 1.54) is 7.11 Å². The zero-order valence-electron chi connectivity index (χ0n) is 7.10. The third-order valence-corrected chi connectivity index (χ3v) is 1.83. The molecule has 2 aromatic rings. The van der Waals surface area contributed by atoms with Crippen molar-refractivity contribution in [1.82, 2.24) is 9.71 Å². The number of pyridine rings is 2. The fraction of sp³-hybridized carbons (Fsp3) is 0.111. The van der Waals surface area contributed by atoms with Gasteiger partial charge in [0, 0.05) is 17.8 Å². The molecule has 0 spiro atoms. The first-order valence-electron chi connectivity index (χ1n) is 3.84. The van der Waals surface area contributed by atoms with Crippen molar-refractivity contribution in [3.8, 4) is 0 Å². The minimum Gasteiger partial charge on any atom is -0.414 e. The van der Waals surface area contributed by atoms with Crippen molar-refractivity contribution in [2.24, 2.45) is 0 Å². The average molecular weight is 176 g/mol. The molecule has 0 aromatic carbocycles. The molecule has 66 valence electrons. The van der Waals surface area contributed by atoms with Crippen LogP contribution in [0, 0.1) is 0 Å². The molecule has 0 unspecified atom stereocenters. The largest absolute Gasteiger partial charge is 0.414 e. The minimum absolute atomic E-state index is 0.236. The van der Waals surface area contributed by atoms with Crippen molar-refractivity contribution in [1.29, 1.82) is 0 Å². The summed E-state index contributed by atoms with van der Waals surface area (Å²) in [6.45, 7) is 0. The third kappa shape index (κ3) is 1.16. The molecule has 0 amide bonds. The summed E-state index contributed by atoms with van der Waals surface area (Å²) in [6, 6.07) is 5.41. The first kappa shape index (κ1) is 7.79. The Hall–Kier alpha value is -1.84. The highest BCUT2D eigenvalue weighted by Gasteiger charge is 2.01. The standard InChI is InChI=1S/C9H8N2O2/c1-13-11-6-4-7-3-2-5-10-8(7)9(11)12/h2-6H,1H3. The van der Waals surface area contributed by atoms with Crippen molar-refractivity contribution in [2.75, 3.05) is 7.11 Å². The zero-order chi connectivity index (χ0) is 9.26. The Morgan fingerprint density at radius 3 is 3.08 bits per heavy atom. The van der Waals surface area contributed by atoms with Crippen LogP contribution in [0.5, 0.6) is 0 Å². The minimum atomic E-state index is -0.236. The van der Waals surface area contributed by atoms with Gasteiger partial charge in [0.05, 0.1) is 0 Å². The highest BCUT2D eigenvalue weighted by Crippen LogP contribution is 2.03. The van der Waals surface area contributed by atoms with Crippen LogP contribution >= 0.6 is 0 Å². The molecular weight excluding hydrogens is 168 g/mol. The fourth-order valence-corrected chi connectivity index (χ4v) is 1.19. The summed E-state index contributed by atoms with van der Waals surface area (Å²) < 4.78 is 1.15. The molecule has 0 fully saturated rings. The van der Waals surface area contributed by atoms with E-state index in [0.717, 1.165) is 10.1 Å². The van der Waals surface area contributed by atoms with Gasteiger partial charge in [-0.25, -0.2) is 0 Å². The second-order valence-electron chi connectivity index (χ2n) is 2.57. The highest BCUT2D eigenvalue weighted by atomic mass is 16.6. The molecule has 2 aromatic heterocycles. The van der Waals surface area contributed by atoms with E-state index in [1.54, 1.807) is 24.5 Å².